The van der Waals surface area contributed by atoms with Crippen LogP contribution in [-0.2, 0) is 23.0 Å². The summed E-state index contributed by atoms with van der Waals surface area (Å²) in [5.74, 6) is 0. The van der Waals surface area contributed by atoms with Gasteiger partial charge in [0.2, 0.25) is 0 Å². The lowest BCUT2D eigenvalue weighted by molar-refractivity contribution is -0.0679. The summed E-state index contributed by atoms with van der Waals surface area (Å²) in [5.41, 5.74) is 5.02. The van der Waals surface area contributed by atoms with Crippen LogP contribution in [0.4, 0.5) is 0 Å². The van der Waals surface area contributed by atoms with Gasteiger partial charge in [0.1, 0.15) is 0 Å². The molecule has 0 bridgehead atoms. The van der Waals surface area contributed by atoms with Crippen molar-refractivity contribution in [1.29, 1.82) is 0 Å². The first kappa shape index (κ1) is 11.9. The van der Waals surface area contributed by atoms with Crippen LogP contribution in [-0.4, -0.2) is 25.8 Å². The topological polar surface area (TPSA) is 21.3 Å². The van der Waals surface area contributed by atoms with Crippen LogP contribution >= 0.6 is 0 Å². The third-order valence-corrected chi connectivity index (χ3v) is 5.27. The number of ether oxygens (including phenoxy) is 1. The molecule has 102 valence electrons. The molecule has 2 fully saturated rings. The molecule has 2 saturated heterocycles. The zero-order chi connectivity index (χ0) is 12.7. The fourth-order valence-corrected chi connectivity index (χ4v) is 4.06. The highest BCUT2D eigenvalue weighted by Crippen LogP contribution is 2.39. The highest BCUT2D eigenvalue weighted by Gasteiger charge is 2.42. The van der Waals surface area contributed by atoms with Gasteiger partial charge in [-0.15, -0.1) is 0 Å². The number of nitrogens with one attached hydrogen (secondary N) is 1. The van der Waals surface area contributed by atoms with Gasteiger partial charge in [-0.1, -0.05) is 18.2 Å². The van der Waals surface area contributed by atoms with Crippen molar-refractivity contribution in [1.82, 2.24) is 5.32 Å². The first-order valence-electron chi connectivity index (χ1n) is 7.79. The average Bonchev–Trinajstić information content (AvgIpc) is 3.04. The standard InChI is InChI=1S/C17H23NO/c1-3-13-6-7-15(9-14(13)4-1)17(11-19-12-17)10-16-5-2-8-18-16/h6-7,9,16,18H,1-5,8,10-12H2. The van der Waals surface area contributed by atoms with Crippen LogP contribution in [0.3, 0.4) is 0 Å². The van der Waals surface area contributed by atoms with Crippen LogP contribution in [0.15, 0.2) is 18.2 Å². The molecular formula is C17H23NO. The molecule has 2 heterocycles. The van der Waals surface area contributed by atoms with Gasteiger partial charge < -0.3 is 10.1 Å². The summed E-state index contributed by atoms with van der Waals surface area (Å²) in [4.78, 5) is 0. The maximum Gasteiger partial charge on any atom is 0.0586 e. The molecule has 0 amide bonds. The van der Waals surface area contributed by atoms with E-state index in [1.807, 2.05) is 0 Å². The molecule has 2 aliphatic heterocycles. The van der Waals surface area contributed by atoms with Crippen LogP contribution in [0.1, 0.15) is 42.4 Å². The van der Waals surface area contributed by atoms with Crippen LogP contribution in [0, 0.1) is 0 Å². The van der Waals surface area contributed by atoms with E-state index in [2.05, 4.69) is 23.5 Å². The van der Waals surface area contributed by atoms with Gasteiger partial charge in [0.25, 0.3) is 0 Å². The molecule has 4 rings (SSSR count). The second kappa shape index (κ2) is 4.60. The molecule has 0 spiro atoms. The molecule has 1 aromatic rings. The van der Waals surface area contributed by atoms with Crippen LogP contribution in [0.5, 0.6) is 0 Å². The summed E-state index contributed by atoms with van der Waals surface area (Å²) in [6, 6.07) is 7.94. The second-order valence-electron chi connectivity index (χ2n) is 6.61. The molecule has 3 aliphatic rings. The van der Waals surface area contributed by atoms with Crippen molar-refractivity contribution in [3.8, 4) is 0 Å². The Kier molecular flexibility index (Phi) is 2.89. The fourth-order valence-electron chi connectivity index (χ4n) is 4.06. The Hall–Kier alpha value is -0.860. The Balaban J connectivity index is 1.60. The molecule has 1 aromatic carbocycles. The molecule has 2 nitrogen and oxygen atoms in total. The minimum atomic E-state index is 0.305. The van der Waals surface area contributed by atoms with Crippen molar-refractivity contribution in [2.24, 2.45) is 0 Å². The van der Waals surface area contributed by atoms with E-state index in [4.69, 9.17) is 4.74 Å². The van der Waals surface area contributed by atoms with E-state index in [1.54, 1.807) is 11.1 Å². The molecule has 0 saturated carbocycles. The molecule has 1 unspecified atom stereocenters. The van der Waals surface area contributed by atoms with Gasteiger partial charge in [-0.3, -0.25) is 0 Å². The Bertz CT molecular complexity index is 472. The predicted octanol–water partition coefficient (Wildman–Crippen LogP) is 2.59. The van der Waals surface area contributed by atoms with Crippen molar-refractivity contribution >= 4 is 0 Å². The minimum absolute atomic E-state index is 0.305. The molecule has 0 radical (unpaired) electrons. The van der Waals surface area contributed by atoms with Gasteiger partial charge in [0, 0.05) is 11.5 Å². The SMILES string of the molecule is c1cc2c(cc1C1(CC3CCCN3)COC1)CCC2. The predicted molar refractivity (Wildman–Crippen MR) is 76.6 cm³/mol. The quantitative estimate of drug-likeness (QED) is 0.898. The number of fused-ring (bicyclic) bond motifs is 1. The normalized spacial score (nSPS) is 28.1. The van der Waals surface area contributed by atoms with E-state index in [0.717, 1.165) is 13.2 Å². The third kappa shape index (κ3) is 2.02. The van der Waals surface area contributed by atoms with Crippen molar-refractivity contribution in [2.45, 2.75) is 50.0 Å². The van der Waals surface area contributed by atoms with Crippen molar-refractivity contribution in [3.05, 3.63) is 34.9 Å². The summed E-state index contributed by atoms with van der Waals surface area (Å²) in [5, 5.41) is 3.65. The Morgan fingerprint density at radius 1 is 1.16 bits per heavy atom. The van der Waals surface area contributed by atoms with Crippen molar-refractivity contribution < 1.29 is 4.74 Å². The van der Waals surface area contributed by atoms with E-state index < -0.39 is 0 Å². The van der Waals surface area contributed by atoms with E-state index in [0.29, 0.717) is 11.5 Å². The second-order valence-corrected chi connectivity index (χ2v) is 6.61. The number of benzene rings is 1. The van der Waals surface area contributed by atoms with E-state index in [1.165, 1.54) is 50.6 Å². The monoisotopic (exact) mass is 257 g/mol. The first-order chi connectivity index (χ1) is 9.36. The molecule has 1 N–H and O–H groups in total. The smallest absolute Gasteiger partial charge is 0.0586 e. The lowest BCUT2D eigenvalue weighted by Crippen LogP contribution is -2.50. The molecule has 2 heteroatoms. The lowest BCUT2D eigenvalue weighted by atomic mass is 9.73. The van der Waals surface area contributed by atoms with Gasteiger partial charge in [-0.05, 0) is 61.8 Å². The molecule has 19 heavy (non-hydrogen) atoms. The average molecular weight is 257 g/mol. The number of hydrogen-bond acceptors (Lipinski definition) is 2. The van der Waals surface area contributed by atoms with Gasteiger partial charge in [-0.25, -0.2) is 0 Å². The zero-order valence-corrected chi connectivity index (χ0v) is 11.6. The van der Waals surface area contributed by atoms with E-state index in [9.17, 15) is 0 Å². The van der Waals surface area contributed by atoms with Crippen LogP contribution in [0.2, 0.25) is 0 Å². The highest BCUT2D eigenvalue weighted by molar-refractivity contribution is 5.40. The van der Waals surface area contributed by atoms with Crippen LogP contribution in [0.25, 0.3) is 0 Å². The summed E-state index contributed by atoms with van der Waals surface area (Å²) in [6.07, 6.45) is 7.84. The fraction of sp³-hybridized carbons (Fsp3) is 0.647. The zero-order valence-electron chi connectivity index (χ0n) is 11.6. The Morgan fingerprint density at radius 2 is 2.05 bits per heavy atom. The first-order valence-corrected chi connectivity index (χ1v) is 7.79. The highest BCUT2D eigenvalue weighted by atomic mass is 16.5. The van der Waals surface area contributed by atoms with Gasteiger partial charge >= 0.3 is 0 Å². The summed E-state index contributed by atoms with van der Waals surface area (Å²) < 4.78 is 5.59. The van der Waals surface area contributed by atoms with Crippen molar-refractivity contribution in [3.63, 3.8) is 0 Å². The van der Waals surface area contributed by atoms with Crippen molar-refractivity contribution in [2.75, 3.05) is 19.8 Å². The van der Waals surface area contributed by atoms with Crippen LogP contribution < -0.4 is 5.32 Å². The summed E-state index contributed by atoms with van der Waals surface area (Å²) >= 11 is 0. The number of rotatable bonds is 3. The van der Waals surface area contributed by atoms with Gasteiger partial charge in [0.05, 0.1) is 13.2 Å². The Labute approximate surface area is 115 Å². The maximum absolute atomic E-state index is 5.59. The summed E-state index contributed by atoms with van der Waals surface area (Å²) in [6.45, 7) is 3.04. The van der Waals surface area contributed by atoms with E-state index in [-0.39, 0.29) is 0 Å². The third-order valence-electron chi connectivity index (χ3n) is 5.27. The van der Waals surface area contributed by atoms with E-state index >= 15 is 0 Å². The van der Waals surface area contributed by atoms with Gasteiger partial charge in [0.15, 0.2) is 0 Å². The molecule has 1 aliphatic carbocycles. The number of hydrogen-bond donors (Lipinski definition) is 1. The lowest BCUT2D eigenvalue weighted by Gasteiger charge is -2.44. The minimum Gasteiger partial charge on any atom is -0.379 e. The molecule has 1 atom stereocenters. The summed E-state index contributed by atoms with van der Waals surface area (Å²) in [7, 11) is 0. The largest absolute Gasteiger partial charge is 0.379 e. The molecular weight excluding hydrogens is 234 g/mol. The number of aryl methyl sites for hydroxylation is 2. The van der Waals surface area contributed by atoms with Gasteiger partial charge in [-0.2, -0.15) is 0 Å². The maximum atomic E-state index is 5.59. The molecule has 0 aromatic heterocycles. The Morgan fingerprint density at radius 3 is 2.79 bits per heavy atom.